The van der Waals surface area contributed by atoms with Crippen molar-refractivity contribution in [2.75, 3.05) is 0 Å². The first kappa shape index (κ1) is 22.0. The van der Waals surface area contributed by atoms with E-state index < -0.39 is 26.4 Å². The molecule has 0 aliphatic heterocycles. The van der Waals surface area contributed by atoms with E-state index in [-0.39, 0.29) is 31.8 Å². The molecule has 0 radical (unpaired) electrons. The summed E-state index contributed by atoms with van der Waals surface area (Å²) in [6.07, 6.45) is 0. The zero-order valence-electron chi connectivity index (χ0n) is 14.3. The largest absolute Gasteiger partial charge is 0.508 e. The second-order valence-corrected chi connectivity index (χ2v) is 9.36. The van der Waals surface area contributed by atoms with Crippen LogP contribution >= 0.6 is 46.4 Å². The van der Waals surface area contributed by atoms with Crippen LogP contribution in [0.15, 0.2) is 54.6 Å². The molecule has 1 unspecified atom stereocenters. The lowest BCUT2D eigenvalue weighted by Crippen LogP contribution is -2.38. The van der Waals surface area contributed by atoms with Crippen molar-refractivity contribution < 1.29 is 23.2 Å². The van der Waals surface area contributed by atoms with Crippen molar-refractivity contribution in [1.29, 1.82) is 0 Å². The van der Waals surface area contributed by atoms with Gasteiger partial charge in [-0.05, 0) is 35.9 Å². The van der Waals surface area contributed by atoms with Gasteiger partial charge in [-0.2, -0.15) is 8.42 Å². The number of hydrogen-bond donors (Lipinski definition) is 3. The molecule has 152 valence electrons. The van der Waals surface area contributed by atoms with Gasteiger partial charge in [-0.25, -0.2) is 0 Å². The molecule has 0 aliphatic rings. The van der Waals surface area contributed by atoms with Crippen LogP contribution in [0.2, 0.25) is 20.1 Å². The van der Waals surface area contributed by atoms with Crippen LogP contribution in [0.5, 0.6) is 11.5 Å². The first-order valence-corrected chi connectivity index (χ1v) is 10.8. The van der Waals surface area contributed by atoms with Crippen LogP contribution in [0.4, 0.5) is 0 Å². The molecule has 0 saturated carbocycles. The molecule has 0 aromatic heterocycles. The summed E-state index contributed by atoms with van der Waals surface area (Å²) < 4.78 is 33.9. The van der Waals surface area contributed by atoms with Gasteiger partial charge in [0.1, 0.15) is 11.5 Å². The topological polar surface area (TPSA) is 94.8 Å². The predicted octanol–water partition coefficient (Wildman–Crippen LogP) is 5.89. The zero-order valence-corrected chi connectivity index (χ0v) is 18.1. The molecule has 0 spiro atoms. The van der Waals surface area contributed by atoms with Crippen molar-refractivity contribution in [2.24, 2.45) is 0 Å². The number of hydrogen-bond acceptors (Lipinski definition) is 4. The van der Waals surface area contributed by atoms with Crippen molar-refractivity contribution in [1.82, 2.24) is 0 Å². The molecule has 3 N–H and O–H groups in total. The number of benzene rings is 3. The molecule has 1 atom stereocenters. The molecule has 0 amide bonds. The Bertz CT molecular complexity index is 1200. The number of aromatic hydroxyl groups is 2. The van der Waals surface area contributed by atoms with Crippen LogP contribution < -0.4 is 0 Å². The van der Waals surface area contributed by atoms with Crippen LogP contribution in [0.3, 0.4) is 0 Å². The van der Waals surface area contributed by atoms with Gasteiger partial charge < -0.3 is 10.2 Å². The maximum Gasteiger partial charge on any atom is 0.283 e. The Morgan fingerprint density at radius 1 is 0.690 bits per heavy atom. The normalized spacial score (nSPS) is 13.8. The van der Waals surface area contributed by atoms with E-state index in [1.54, 1.807) is 0 Å². The number of phenolic OH excluding ortho intramolecular Hbond substituents is 2. The Hall–Kier alpha value is -1.67. The third-order valence-corrected chi connectivity index (χ3v) is 6.93. The summed E-state index contributed by atoms with van der Waals surface area (Å²) in [7, 11) is -5.09. The van der Waals surface area contributed by atoms with Crippen molar-refractivity contribution in [3.63, 3.8) is 0 Å². The van der Waals surface area contributed by atoms with Gasteiger partial charge >= 0.3 is 0 Å². The third-order valence-electron chi connectivity index (χ3n) is 4.37. The second kappa shape index (κ2) is 7.87. The number of rotatable bonds is 4. The molecule has 5 nitrogen and oxygen atoms in total. The Morgan fingerprint density at radius 3 is 1.79 bits per heavy atom. The smallest absolute Gasteiger partial charge is 0.283 e. The van der Waals surface area contributed by atoms with E-state index in [0.29, 0.717) is 5.02 Å². The zero-order chi connectivity index (χ0) is 21.6. The molecule has 0 saturated heterocycles. The SMILES string of the molecule is O=S(=O)(O)C(c1ccc(Cl)cc1)(c1ccc(Cl)cc1O)c1cc(Cl)cc(O)c1Cl. The first-order valence-electron chi connectivity index (χ1n) is 7.89. The van der Waals surface area contributed by atoms with Crippen molar-refractivity contribution in [2.45, 2.75) is 4.75 Å². The Balaban J connectivity index is 2.61. The van der Waals surface area contributed by atoms with E-state index in [1.165, 1.54) is 42.5 Å². The van der Waals surface area contributed by atoms with Gasteiger partial charge in [0.05, 0.1) is 5.02 Å². The monoisotopic (exact) mass is 492 g/mol. The second-order valence-electron chi connectivity index (χ2n) is 6.11. The lowest BCUT2D eigenvalue weighted by atomic mass is 9.83. The molecule has 3 aromatic carbocycles. The fraction of sp³-hybridized carbons (Fsp3) is 0.0526. The van der Waals surface area contributed by atoms with Gasteiger partial charge in [0.25, 0.3) is 10.1 Å². The van der Waals surface area contributed by atoms with E-state index in [4.69, 9.17) is 46.4 Å². The van der Waals surface area contributed by atoms with E-state index >= 15 is 0 Å². The molecule has 3 aromatic rings. The highest BCUT2D eigenvalue weighted by atomic mass is 35.5. The van der Waals surface area contributed by atoms with Crippen LogP contribution in [-0.4, -0.2) is 23.2 Å². The fourth-order valence-corrected chi connectivity index (χ4v) is 5.34. The number of phenols is 2. The summed E-state index contributed by atoms with van der Waals surface area (Å²) in [6.45, 7) is 0. The van der Waals surface area contributed by atoms with Gasteiger partial charge in [-0.15, -0.1) is 0 Å². The molecule has 29 heavy (non-hydrogen) atoms. The molecule has 3 rings (SSSR count). The van der Waals surface area contributed by atoms with Gasteiger partial charge in [0.15, 0.2) is 4.75 Å². The highest BCUT2D eigenvalue weighted by molar-refractivity contribution is 7.87. The average Bonchev–Trinajstić information content (AvgIpc) is 2.61. The predicted molar refractivity (Wildman–Crippen MR) is 114 cm³/mol. The van der Waals surface area contributed by atoms with E-state index in [9.17, 15) is 23.2 Å². The van der Waals surface area contributed by atoms with Crippen LogP contribution in [0, 0.1) is 0 Å². The highest BCUT2D eigenvalue weighted by Gasteiger charge is 2.51. The summed E-state index contributed by atoms with van der Waals surface area (Å²) in [5.41, 5.74) is -0.535. The van der Waals surface area contributed by atoms with Crippen molar-refractivity contribution in [3.8, 4) is 11.5 Å². The molecular weight excluding hydrogens is 482 g/mol. The maximum atomic E-state index is 12.9. The van der Waals surface area contributed by atoms with Gasteiger partial charge in [-0.3, -0.25) is 4.55 Å². The maximum absolute atomic E-state index is 12.9. The van der Waals surface area contributed by atoms with Crippen LogP contribution in [0.1, 0.15) is 16.7 Å². The standard InChI is InChI=1S/C19H12Cl4O5S/c20-11-3-1-10(2-4-11)19(29(26,27)28,14-6-5-12(21)8-16(14)24)15-7-13(22)9-17(25)18(15)23/h1-9,24-25H,(H,26,27,28). The Labute approximate surface area is 186 Å². The minimum Gasteiger partial charge on any atom is -0.508 e. The minimum absolute atomic E-state index is 0.00871. The van der Waals surface area contributed by atoms with E-state index in [1.807, 2.05) is 0 Å². The summed E-state index contributed by atoms with van der Waals surface area (Å²) in [5.74, 6) is -1.04. The quantitative estimate of drug-likeness (QED) is 0.311. The molecule has 0 heterocycles. The Morgan fingerprint density at radius 2 is 1.24 bits per heavy atom. The summed E-state index contributed by atoms with van der Waals surface area (Å²) in [6, 6.07) is 11.5. The molecule has 0 bridgehead atoms. The molecule has 10 heteroatoms. The van der Waals surface area contributed by atoms with Crippen molar-refractivity contribution in [3.05, 3.63) is 91.4 Å². The van der Waals surface area contributed by atoms with Gasteiger partial charge in [-0.1, -0.05) is 64.6 Å². The third kappa shape index (κ3) is 3.77. The lowest BCUT2D eigenvalue weighted by Gasteiger charge is -2.34. The molecular formula is C19H12Cl4O5S. The van der Waals surface area contributed by atoms with Gasteiger partial charge in [0, 0.05) is 32.3 Å². The highest BCUT2D eigenvalue weighted by Crippen LogP contribution is 2.51. The van der Waals surface area contributed by atoms with Crippen LogP contribution in [0.25, 0.3) is 0 Å². The fourth-order valence-electron chi connectivity index (χ4n) is 3.20. The Kier molecular flexibility index (Phi) is 5.98. The number of halogens is 4. The lowest BCUT2D eigenvalue weighted by molar-refractivity contribution is 0.439. The first-order chi connectivity index (χ1) is 13.5. The van der Waals surface area contributed by atoms with E-state index in [0.717, 1.165) is 12.1 Å². The van der Waals surface area contributed by atoms with Gasteiger partial charge in [0.2, 0.25) is 0 Å². The van der Waals surface area contributed by atoms with Crippen LogP contribution in [-0.2, 0) is 14.9 Å². The average molecular weight is 494 g/mol. The van der Waals surface area contributed by atoms with E-state index in [2.05, 4.69) is 0 Å². The van der Waals surface area contributed by atoms with Crippen molar-refractivity contribution >= 4 is 56.5 Å². The summed E-state index contributed by atoms with van der Waals surface area (Å²) in [4.78, 5) is 0. The minimum atomic E-state index is -5.09. The molecule has 0 aliphatic carbocycles. The summed E-state index contributed by atoms with van der Waals surface area (Å²) in [5, 5.41) is 20.7. The molecule has 0 fully saturated rings. The summed E-state index contributed by atoms with van der Waals surface area (Å²) >= 11 is 24.1.